The highest BCUT2D eigenvalue weighted by atomic mass is 16.5. The number of ether oxygens (including phenoxy) is 2. The van der Waals surface area contributed by atoms with Crippen molar-refractivity contribution in [2.75, 3.05) is 33.4 Å². The second-order valence-corrected chi connectivity index (χ2v) is 4.94. The van der Waals surface area contributed by atoms with Gasteiger partial charge in [0.2, 0.25) is 0 Å². The van der Waals surface area contributed by atoms with Gasteiger partial charge in [-0.3, -0.25) is 4.90 Å². The van der Waals surface area contributed by atoms with Gasteiger partial charge in [0.25, 0.3) is 0 Å². The van der Waals surface area contributed by atoms with Gasteiger partial charge in [0, 0.05) is 18.2 Å². The number of benzene rings is 1. The molecule has 0 radical (unpaired) electrons. The van der Waals surface area contributed by atoms with Crippen LogP contribution in [0.15, 0.2) is 23.4 Å². The first-order valence-electron chi connectivity index (χ1n) is 6.97. The number of rotatable bonds is 6. The van der Waals surface area contributed by atoms with Gasteiger partial charge in [-0.2, -0.15) is 0 Å². The third-order valence-corrected chi connectivity index (χ3v) is 3.59. The Morgan fingerprint density at radius 3 is 2.75 bits per heavy atom. The molecule has 20 heavy (non-hydrogen) atoms. The second-order valence-electron chi connectivity index (χ2n) is 4.94. The van der Waals surface area contributed by atoms with E-state index in [9.17, 15) is 0 Å². The van der Waals surface area contributed by atoms with Crippen LogP contribution >= 0.6 is 0 Å². The highest BCUT2D eigenvalue weighted by Gasteiger charge is 2.13. The summed E-state index contributed by atoms with van der Waals surface area (Å²) in [6.45, 7) is 5.61. The normalized spacial score (nSPS) is 16.4. The van der Waals surface area contributed by atoms with Crippen molar-refractivity contribution in [3.63, 3.8) is 0 Å². The van der Waals surface area contributed by atoms with E-state index in [1.807, 2.05) is 18.2 Å². The van der Waals surface area contributed by atoms with E-state index in [0.29, 0.717) is 18.1 Å². The maximum absolute atomic E-state index is 8.93. The van der Waals surface area contributed by atoms with Crippen molar-refractivity contribution in [1.82, 2.24) is 4.90 Å². The summed E-state index contributed by atoms with van der Waals surface area (Å²) in [5.41, 5.74) is 1.32. The molecule has 1 fully saturated rings. The Labute approximate surface area is 119 Å². The fraction of sp³-hybridized carbons (Fsp3) is 0.533. The van der Waals surface area contributed by atoms with Gasteiger partial charge in [0.05, 0.1) is 12.8 Å². The number of likely N-dealkylation sites (tertiary alicyclic amines) is 1. The first kappa shape index (κ1) is 14.7. The van der Waals surface area contributed by atoms with Crippen molar-refractivity contribution in [1.29, 1.82) is 0 Å². The quantitative estimate of drug-likeness (QED) is 0.493. The number of nitrogens with zero attached hydrogens (tertiary/aromatic N) is 2. The zero-order valence-electron chi connectivity index (χ0n) is 12.1. The SMILES string of the molecule is COc1ccc(/C(C)=N/O)c(OCCN2CCCC2)c1. The first-order valence-corrected chi connectivity index (χ1v) is 6.97. The molecule has 5 heteroatoms. The lowest BCUT2D eigenvalue weighted by Gasteiger charge is -2.17. The Morgan fingerprint density at radius 1 is 1.35 bits per heavy atom. The molecule has 1 N–H and O–H groups in total. The maximum Gasteiger partial charge on any atom is 0.132 e. The molecule has 0 saturated carbocycles. The van der Waals surface area contributed by atoms with Crippen molar-refractivity contribution in [3.05, 3.63) is 23.8 Å². The van der Waals surface area contributed by atoms with E-state index in [2.05, 4.69) is 10.1 Å². The summed E-state index contributed by atoms with van der Waals surface area (Å²) in [7, 11) is 1.62. The molecule has 1 aromatic carbocycles. The van der Waals surface area contributed by atoms with Gasteiger partial charge in [-0.05, 0) is 45.0 Å². The van der Waals surface area contributed by atoms with Crippen LogP contribution in [0.2, 0.25) is 0 Å². The largest absolute Gasteiger partial charge is 0.497 e. The lowest BCUT2D eigenvalue weighted by atomic mass is 10.1. The monoisotopic (exact) mass is 278 g/mol. The molecule has 1 aliphatic rings. The van der Waals surface area contributed by atoms with Crippen molar-refractivity contribution < 1.29 is 14.7 Å². The molecule has 2 rings (SSSR count). The minimum Gasteiger partial charge on any atom is -0.497 e. The van der Waals surface area contributed by atoms with Crippen LogP contribution in [0, 0.1) is 0 Å². The number of hydrogen-bond donors (Lipinski definition) is 1. The van der Waals surface area contributed by atoms with Crippen molar-refractivity contribution >= 4 is 5.71 Å². The fourth-order valence-corrected chi connectivity index (χ4v) is 2.39. The molecule has 1 heterocycles. The Bertz CT molecular complexity index is 468. The Balaban J connectivity index is 2.03. The molecular formula is C15H22N2O3. The van der Waals surface area contributed by atoms with Crippen LogP contribution in [-0.2, 0) is 0 Å². The molecule has 5 nitrogen and oxygen atoms in total. The summed E-state index contributed by atoms with van der Waals surface area (Å²) in [5.74, 6) is 1.43. The van der Waals surface area contributed by atoms with E-state index in [1.54, 1.807) is 14.0 Å². The molecular weight excluding hydrogens is 256 g/mol. The summed E-state index contributed by atoms with van der Waals surface area (Å²) < 4.78 is 11.1. The lowest BCUT2D eigenvalue weighted by Crippen LogP contribution is -2.25. The molecule has 0 amide bonds. The molecule has 110 valence electrons. The van der Waals surface area contributed by atoms with E-state index in [1.165, 1.54) is 12.8 Å². The molecule has 1 aromatic rings. The highest BCUT2D eigenvalue weighted by molar-refractivity contribution is 6.00. The van der Waals surface area contributed by atoms with Gasteiger partial charge < -0.3 is 14.7 Å². The maximum atomic E-state index is 8.93. The van der Waals surface area contributed by atoms with Crippen LogP contribution in [0.4, 0.5) is 0 Å². The van der Waals surface area contributed by atoms with Gasteiger partial charge in [-0.1, -0.05) is 5.16 Å². The van der Waals surface area contributed by atoms with Crippen LogP contribution in [0.3, 0.4) is 0 Å². The molecule has 0 unspecified atom stereocenters. The Hall–Kier alpha value is -1.75. The Morgan fingerprint density at radius 2 is 2.10 bits per heavy atom. The average Bonchev–Trinajstić information content (AvgIpc) is 2.99. The first-order chi connectivity index (χ1) is 9.74. The minimum absolute atomic E-state index is 0.531. The van der Waals surface area contributed by atoms with Gasteiger partial charge >= 0.3 is 0 Å². The highest BCUT2D eigenvalue weighted by Crippen LogP contribution is 2.25. The fourth-order valence-electron chi connectivity index (χ4n) is 2.39. The van der Waals surface area contributed by atoms with Crippen molar-refractivity contribution in [2.24, 2.45) is 5.16 Å². The number of hydrogen-bond acceptors (Lipinski definition) is 5. The van der Waals surface area contributed by atoms with Crippen LogP contribution in [0.25, 0.3) is 0 Å². The van der Waals surface area contributed by atoms with E-state index < -0.39 is 0 Å². The summed E-state index contributed by atoms with van der Waals surface area (Å²) in [4.78, 5) is 2.40. The predicted molar refractivity (Wildman–Crippen MR) is 78.2 cm³/mol. The third kappa shape index (κ3) is 3.63. The third-order valence-electron chi connectivity index (χ3n) is 3.59. The van der Waals surface area contributed by atoms with Gasteiger partial charge in [0.1, 0.15) is 18.1 Å². The summed E-state index contributed by atoms with van der Waals surface area (Å²) >= 11 is 0. The lowest BCUT2D eigenvalue weighted by molar-refractivity contribution is 0.236. The van der Waals surface area contributed by atoms with Crippen LogP contribution in [0.5, 0.6) is 11.5 Å². The summed E-state index contributed by atoms with van der Waals surface area (Å²) in [6.07, 6.45) is 2.56. The summed E-state index contributed by atoms with van der Waals surface area (Å²) in [5, 5.41) is 12.2. The van der Waals surface area contributed by atoms with Crippen LogP contribution in [-0.4, -0.2) is 49.2 Å². The van der Waals surface area contributed by atoms with Gasteiger partial charge in [-0.25, -0.2) is 0 Å². The molecule has 1 saturated heterocycles. The zero-order chi connectivity index (χ0) is 14.4. The van der Waals surface area contributed by atoms with Gasteiger partial charge in [-0.15, -0.1) is 0 Å². The zero-order valence-corrected chi connectivity index (χ0v) is 12.1. The van der Waals surface area contributed by atoms with E-state index in [4.69, 9.17) is 14.7 Å². The Kier molecular flexibility index (Phi) is 5.24. The van der Waals surface area contributed by atoms with Crippen LogP contribution < -0.4 is 9.47 Å². The van der Waals surface area contributed by atoms with Gasteiger partial charge in [0.15, 0.2) is 0 Å². The van der Waals surface area contributed by atoms with Crippen LogP contribution in [0.1, 0.15) is 25.3 Å². The van der Waals surface area contributed by atoms with E-state index in [-0.39, 0.29) is 0 Å². The predicted octanol–water partition coefficient (Wildman–Crippen LogP) is 2.37. The topological polar surface area (TPSA) is 54.3 Å². The minimum atomic E-state index is 0.531. The number of methoxy groups -OCH3 is 1. The average molecular weight is 278 g/mol. The second kappa shape index (κ2) is 7.14. The molecule has 0 aliphatic carbocycles. The molecule has 0 aromatic heterocycles. The van der Waals surface area contributed by atoms with E-state index >= 15 is 0 Å². The molecule has 0 spiro atoms. The van der Waals surface area contributed by atoms with Crippen molar-refractivity contribution in [3.8, 4) is 11.5 Å². The van der Waals surface area contributed by atoms with E-state index in [0.717, 1.165) is 30.9 Å². The summed E-state index contributed by atoms with van der Waals surface area (Å²) in [6, 6.07) is 5.50. The smallest absolute Gasteiger partial charge is 0.132 e. The molecule has 0 bridgehead atoms. The standard InChI is InChI=1S/C15H22N2O3/c1-12(16-18)14-6-5-13(19-2)11-15(14)20-10-9-17-7-3-4-8-17/h5-6,11,18H,3-4,7-10H2,1-2H3/b16-12+. The molecule has 1 aliphatic heterocycles. The number of oxime groups is 1. The molecule has 0 atom stereocenters. The van der Waals surface area contributed by atoms with Crippen molar-refractivity contribution in [2.45, 2.75) is 19.8 Å².